The molecule has 1 heterocycles. The van der Waals surface area contributed by atoms with E-state index in [4.69, 9.17) is 5.73 Å². The van der Waals surface area contributed by atoms with Crippen molar-refractivity contribution in [2.45, 2.75) is 44.7 Å². The Morgan fingerprint density at radius 2 is 2.25 bits per heavy atom. The first kappa shape index (κ1) is 13.5. The molecule has 2 N–H and O–H groups in total. The molecule has 0 aromatic carbocycles. The van der Waals surface area contributed by atoms with Gasteiger partial charge in [-0.3, -0.25) is 4.79 Å². The van der Waals surface area contributed by atoms with Crippen molar-refractivity contribution < 1.29 is 4.79 Å². The van der Waals surface area contributed by atoms with Crippen molar-refractivity contribution in [2.75, 3.05) is 27.2 Å². The molecule has 1 aliphatic rings. The molecular formula is C12H25N3O. The van der Waals surface area contributed by atoms with E-state index in [1.165, 1.54) is 12.8 Å². The summed E-state index contributed by atoms with van der Waals surface area (Å²) >= 11 is 0. The predicted octanol–water partition coefficient (Wildman–Crippen LogP) is 0.666. The third kappa shape index (κ3) is 2.95. The summed E-state index contributed by atoms with van der Waals surface area (Å²) in [5.74, 6) is 0.0512. The van der Waals surface area contributed by atoms with Crippen molar-refractivity contribution in [3.05, 3.63) is 0 Å². The van der Waals surface area contributed by atoms with Gasteiger partial charge in [-0.05, 0) is 39.8 Å². The highest BCUT2D eigenvalue weighted by molar-refractivity contribution is 5.85. The van der Waals surface area contributed by atoms with Crippen LogP contribution in [0.1, 0.15) is 33.1 Å². The molecule has 1 fully saturated rings. The zero-order valence-corrected chi connectivity index (χ0v) is 11.0. The van der Waals surface area contributed by atoms with Crippen molar-refractivity contribution in [3.63, 3.8) is 0 Å². The molecule has 0 saturated carbocycles. The van der Waals surface area contributed by atoms with E-state index in [2.05, 4.69) is 11.9 Å². The Balaban J connectivity index is 2.51. The van der Waals surface area contributed by atoms with Gasteiger partial charge in [0.25, 0.3) is 0 Å². The fourth-order valence-electron chi connectivity index (χ4n) is 2.20. The Morgan fingerprint density at radius 3 is 2.69 bits per heavy atom. The number of carbonyl (C=O) groups is 1. The zero-order chi connectivity index (χ0) is 12.3. The van der Waals surface area contributed by atoms with Crippen LogP contribution in [0.15, 0.2) is 0 Å². The average Bonchev–Trinajstić information content (AvgIpc) is 2.63. The van der Waals surface area contributed by atoms with Gasteiger partial charge in [0.1, 0.15) is 0 Å². The van der Waals surface area contributed by atoms with Gasteiger partial charge >= 0.3 is 0 Å². The molecule has 2 unspecified atom stereocenters. The topological polar surface area (TPSA) is 49.6 Å². The van der Waals surface area contributed by atoms with Gasteiger partial charge in [0, 0.05) is 19.6 Å². The third-order valence-corrected chi connectivity index (χ3v) is 3.73. The average molecular weight is 227 g/mol. The molecule has 0 aromatic rings. The number of amides is 1. The number of nitrogens with two attached hydrogens (primary N) is 1. The van der Waals surface area contributed by atoms with Crippen molar-refractivity contribution >= 4 is 5.91 Å². The molecule has 94 valence electrons. The summed E-state index contributed by atoms with van der Waals surface area (Å²) in [6.07, 6.45) is 3.09. The first-order chi connectivity index (χ1) is 7.38. The van der Waals surface area contributed by atoms with Gasteiger partial charge in [-0.2, -0.15) is 0 Å². The van der Waals surface area contributed by atoms with Crippen molar-refractivity contribution in [1.82, 2.24) is 9.80 Å². The minimum atomic E-state index is -0.716. The maximum absolute atomic E-state index is 12.1. The van der Waals surface area contributed by atoms with E-state index >= 15 is 0 Å². The van der Waals surface area contributed by atoms with E-state index in [0.29, 0.717) is 12.5 Å². The Hall–Kier alpha value is -0.610. The predicted molar refractivity (Wildman–Crippen MR) is 66.2 cm³/mol. The number of nitrogens with zero attached hydrogens (tertiary/aromatic N) is 2. The van der Waals surface area contributed by atoms with E-state index in [-0.39, 0.29) is 5.91 Å². The standard InChI is InChI=1S/C12H25N3O/c1-5-12(2,13)11(16)15(4)9-10-7-6-8-14(10)3/h10H,5-9,13H2,1-4H3. The number of likely N-dealkylation sites (N-methyl/N-ethyl adjacent to an activating group) is 2. The lowest BCUT2D eigenvalue weighted by molar-refractivity contribution is -0.135. The molecular weight excluding hydrogens is 202 g/mol. The lowest BCUT2D eigenvalue weighted by Gasteiger charge is -2.31. The van der Waals surface area contributed by atoms with Gasteiger partial charge in [-0.1, -0.05) is 6.92 Å². The summed E-state index contributed by atoms with van der Waals surface area (Å²) in [6, 6.07) is 0.501. The Kier molecular flexibility index (Phi) is 4.33. The molecule has 4 nitrogen and oxygen atoms in total. The van der Waals surface area contributed by atoms with Crippen LogP contribution >= 0.6 is 0 Å². The molecule has 1 aliphatic heterocycles. The summed E-state index contributed by atoms with van der Waals surface area (Å²) in [5, 5.41) is 0. The summed E-state index contributed by atoms with van der Waals surface area (Å²) < 4.78 is 0. The molecule has 2 atom stereocenters. The number of carbonyl (C=O) groups excluding carboxylic acids is 1. The third-order valence-electron chi connectivity index (χ3n) is 3.73. The van der Waals surface area contributed by atoms with Gasteiger partial charge in [-0.25, -0.2) is 0 Å². The van der Waals surface area contributed by atoms with Crippen LogP contribution in [0.2, 0.25) is 0 Å². The lowest BCUT2D eigenvalue weighted by atomic mass is 9.98. The molecule has 1 rings (SSSR count). The highest BCUT2D eigenvalue weighted by atomic mass is 16.2. The van der Waals surface area contributed by atoms with Crippen LogP contribution < -0.4 is 5.73 Å². The summed E-state index contributed by atoms with van der Waals surface area (Å²) in [4.78, 5) is 16.2. The van der Waals surface area contributed by atoms with Gasteiger partial charge in [0.15, 0.2) is 0 Å². The van der Waals surface area contributed by atoms with Crippen LogP contribution in [0.3, 0.4) is 0 Å². The molecule has 0 aromatic heterocycles. The number of likely N-dealkylation sites (tertiary alicyclic amines) is 1. The number of hydrogen-bond donors (Lipinski definition) is 1. The second kappa shape index (κ2) is 5.15. The zero-order valence-electron chi connectivity index (χ0n) is 11.0. The Bertz CT molecular complexity index is 253. The summed E-state index contributed by atoms with van der Waals surface area (Å²) in [5.41, 5.74) is 5.25. The maximum atomic E-state index is 12.1. The van der Waals surface area contributed by atoms with Gasteiger partial charge in [0.2, 0.25) is 5.91 Å². The minimum Gasteiger partial charge on any atom is -0.343 e. The lowest BCUT2D eigenvalue weighted by Crippen LogP contribution is -2.53. The van der Waals surface area contributed by atoms with Crippen molar-refractivity contribution in [3.8, 4) is 0 Å². The summed E-state index contributed by atoms with van der Waals surface area (Å²) in [7, 11) is 3.98. The van der Waals surface area contributed by atoms with Crippen molar-refractivity contribution in [1.29, 1.82) is 0 Å². The van der Waals surface area contributed by atoms with Gasteiger partial charge in [-0.15, -0.1) is 0 Å². The molecule has 16 heavy (non-hydrogen) atoms. The first-order valence-electron chi connectivity index (χ1n) is 6.13. The first-order valence-corrected chi connectivity index (χ1v) is 6.13. The van der Waals surface area contributed by atoms with Crippen LogP contribution in [0.5, 0.6) is 0 Å². The monoisotopic (exact) mass is 227 g/mol. The fraction of sp³-hybridized carbons (Fsp3) is 0.917. The molecule has 0 spiro atoms. The molecule has 4 heteroatoms. The van der Waals surface area contributed by atoms with Gasteiger partial charge < -0.3 is 15.5 Å². The highest BCUT2D eigenvalue weighted by Gasteiger charge is 2.31. The van der Waals surface area contributed by atoms with E-state index in [1.807, 2.05) is 20.9 Å². The van der Waals surface area contributed by atoms with E-state index in [1.54, 1.807) is 4.90 Å². The van der Waals surface area contributed by atoms with Gasteiger partial charge in [0.05, 0.1) is 5.54 Å². The molecule has 0 aliphatic carbocycles. The van der Waals surface area contributed by atoms with E-state index in [9.17, 15) is 4.79 Å². The quantitative estimate of drug-likeness (QED) is 0.768. The Labute approximate surface area is 98.8 Å². The second-order valence-electron chi connectivity index (χ2n) is 5.23. The van der Waals surface area contributed by atoms with Crippen LogP contribution in [0, 0.1) is 0 Å². The minimum absolute atomic E-state index is 0.0512. The van der Waals surface area contributed by atoms with Crippen LogP contribution in [-0.4, -0.2) is 54.5 Å². The maximum Gasteiger partial charge on any atom is 0.242 e. The molecule has 0 bridgehead atoms. The van der Waals surface area contributed by atoms with E-state index in [0.717, 1.165) is 13.1 Å². The molecule has 1 amide bonds. The SMILES string of the molecule is CCC(C)(N)C(=O)N(C)CC1CCCN1C. The molecule has 1 saturated heterocycles. The normalized spacial score (nSPS) is 25.4. The second-order valence-corrected chi connectivity index (χ2v) is 5.23. The van der Waals surface area contributed by atoms with Crippen molar-refractivity contribution in [2.24, 2.45) is 5.73 Å². The molecule has 0 radical (unpaired) electrons. The highest BCUT2D eigenvalue weighted by Crippen LogP contribution is 2.17. The largest absolute Gasteiger partial charge is 0.343 e. The fourth-order valence-corrected chi connectivity index (χ4v) is 2.20. The van der Waals surface area contributed by atoms with Crippen LogP contribution in [0.4, 0.5) is 0 Å². The number of hydrogen-bond acceptors (Lipinski definition) is 3. The van der Waals surface area contributed by atoms with Crippen LogP contribution in [0.25, 0.3) is 0 Å². The Morgan fingerprint density at radius 1 is 1.62 bits per heavy atom. The number of rotatable bonds is 4. The summed E-state index contributed by atoms with van der Waals surface area (Å²) in [6.45, 7) is 5.69. The smallest absolute Gasteiger partial charge is 0.242 e. The van der Waals surface area contributed by atoms with Crippen LogP contribution in [-0.2, 0) is 4.79 Å². The van der Waals surface area contributed by atoms with E-state index < -0.39 is 5.54 Å².